The summed E-state index contributed by atoms with van der Waals surface area (Å²) in [7, 11) is 0. The van der Waals surface area contributed by atoms with Crippen LogP contribution in [0.2, 0.25) is 0 Å². The molecule has 2 aromatic carbocycles. The zero-order valence-electron chi connectivity index (χ0n) is 19.6. The van der Waals surface area contributed by atoms with Crippen molar-refractivity contribution in [2.45, 2.75) is 57.8 Å². The molecule has 0 unspecified atom stereocenters. The van der Waals surface area contributed by atoms with Gasteiger partial charge in [-0.1, -0.05) is 32.6 Å². The van der Waals surface area contributed by atoms with Crippen molar-refractivity contribution in [3.05, 3.63) is 64.5 Å². The van der Waals surface area contributed by atoms with E-state index < -0.39 is 52.8 Å². The SMILES string of the molecule is CCC[C@H]1CC[C@H](C2COC(c3cc(F)c(C(F)(F)Oc4cc(F)c(F)c(F)c4)c(F)c3)OC2)CC1. The van der Waals surface area contributed by atoms with Crippen LogP contribution < -0.4 is 4.74 Å². The molecule has 1 heterocycles. The zero-order chi connectivity index (χ0) is 26.0. The third-order valence-corrected chi connectivity index (χ3v) is 7.01. The molecule has 1 aliphatic heterocycles. The van der Waals surface area contributed by atoms with Gasteiger partial charge in [-0.25, -0.2) is 22.0 Å². The Kier molecular flexibility index (Phi) is 8.14. The molecule has 2 fully saturated rings. The molecule has 0 atom stereocenters. The van der Waals surface area contributed by atoms with E-state index in [9.17, 15) is 30.7 Å². The van der Waals surface area contributed by atoms with Crippen molar-refractivity contribution in [3.63, 3.8) is 0 Å². The molecule has 10 heteroatoms. The van der Waals surface area contributed by atoms with Crippen molar-refractivity contribution in [1.29, 1.82) is 0 Å². The van der Waals surface area contributed by atoms with Crippen molar-refractivity contribution >= 4 is 0 Å². The monoisotopic (exact) mass is 520 g/mol. The number of alkyl halides is 2. The van der Waals surface area contributed by atoms with Gasteiger partial charge in [-0.15, -0.1) is 0 Å². The lowest BCUT2D eigenvalue weighted by Gasteiger charge is -2.38. The minimum atomic E-state index is -4.65. The topological polar surface area (TPSA) is 27.7 Å². The summed E-state index contributed by atoms with van der Waals surface area (Å²) in [6.07, 6.45) is 1.06. The molecule has 0 N–H and O–H groups in total. The first-order valence-electron chi connectivity index (χ1n) is 12.0. The Bertz CT molecular complexity index is 1020. The molecule has 0 radical (unpaired) electrons. The number of ether oxygens (including phenoxy) is 3. The first-order chi connectivity index (χ1) is 17.1. The zero-order valence-corrected chi connectivity index (χ0v) is 19.6. The Morgan fingerprint density at radius 2 is 1.36 bits per heavy atom. The minimum absolute atomic E-state index is 0.131. The van der Waals surface area contributed by atoms with Gasteiger partial charge < -0.3 is 14.2 Å². The molecular formula is C26H27F7O3. The van der Waals surface area contributed by atoms with E-state index in [4.69, 9.17) is 9.47 Å². The molecule has 0 amide bonds. The molecule has 3 nitrogen and oxygen atoms in total. The van der Waals surface area contributed by atoms with Gasteiger partial charge in [0.2, 0.25) is 0 Å². The molecule has 1 saturated heterocycles. The van der Waals surface area contributed by atoms with Crippen LogP contribution in [0.5, 0.6) is 5.75 Å². The first kappa shape index (κ1) is 26.7. The highest BCUT2D eigenvalue weighted by atomic mass is 19.3. The van der Waals surface area contributed by atoms with E-state index in [1.807, 2.05) is 0 Å². The van der Waals surface area contributed by atoms with E-state index in [1.54, 1.807) is 0 Å². The van der Waals surface area contributed by atoms with Crippen LogP contribution >= 0.6 is 0 Å². The maximum Gasteiger partial charge on any atom is 0.432 e. The average Bonchev–Trinajstić information content (AvgIpc) is 2.82. The van der Waals surface area contributed by atoms with Crippen LogP contribution in [0.25, 0.3) is 0 Å². The van der Waals surface area contributed by atoms with Gasteiger partial charge in [0.1, 0.15) is 22.9 Å². The van der Waals surface area contributed by atoms with Crippen LogP contribution in [-0.2, 0) is 15.6 Å². The van der Waals surface area contributed by atoms with Crippen molar-refractivity contribution < 1.29 is 44.9 Å². The van der Waals surface area contributed by atoms with E-state index in [2.05, 4.69) is 11.7 Å². The molecule has 1 aliphatic carbocycles. The van der Waals surface area contributed by atoms with Gasteiger partial charge in [0.25, 0.3) is 0 Å². The summed E-state index contributed by atoms with van der Waals surface area (Å²) in [4.78, 5) is 0. The number of benzene rings is 2. The summed E-state index contributed by atoms with van der Waals surface area (Å²) >= 11 is 0. The van der Waals surface area contributed by atoms with Crippen LogP contribution in [0.3, 0.4) is 0 Å². The van der Waals surface area contributed by atoms with Crippen molar-refractivity contribution in [2.24, 2.45) is 17.8 Å². The predicted octanol–water partition coefficient (Wildman–Crippen LogP) is 7.78. The standard InChI is InChI=1S/C26H27F7O3/c1-2-3-14-4-6-15(7-5-14)17-12-34-25(35-13-17)16-8-19(27)23(20(28)9-16)26(32,33)36-18-10-21(29)24(31)22(30)11-18/h8-11,14-15,17,25H,2-7,12-13H2,1H3/t14-,15-,17?,25?. The quantitative estimate of drug-likeness (QED) is 0.276. The predicted molar refractivity (Wildman–Crippen MR) is 116 cm³/mol. The van der Waals surface area contributed by atoms with Crippen molar-refractivity contribution in [2.75, 3.05) is 13.2 Å². The molecule has 198 valence electrons. The molecule has 1 saturated carbocycles. The fraction of sp³-hybridized carbons (Fsp3) is 0.538. The Morgan fingerprint density at radius 1 is 0.806 bits per heavy atom. The van der Waals surface area contributed by atoms with Crippen molar-refractivity contribution in [3.8, 4) is 5.75 Å². The van der Waals surface area contributed by atoms with Gasteiger partial charge in [-0.2, -0.15) is 8.78 Å². The lowest BCUT2D eigenvalue weighted by molar-refractivity contribution is -0.215. The molecule has 36 heavy (non-hydrogen) atoms. The lowest BCUT2D eigenvalue weighted by Crippen LogP contribution is -2.34. The summed E-state index contributed by atoms with van der Waals surface area (Å²) in [5.41, 5.74) is -1.90. The molecule has 2 aliphatic rings. The van der Waals surface area contributed by atoms with E-state index in [0.717, 1.165) is 31.6 Å². The smallest absolute Gasteiger partial charge is 0.429 e. The maximum absolute atomic E-state index is 14.6. The van der Waals surface area contributed by atoms with E-state index in [1.165, 1.54) is 12.8 Å². The first-order valence-corrected chi connectivity index (χ1v) is 12.0. The number of hydrogen-bond acceptors (Lipinski definition) is 3. The van der Waals surface area contributed by atoms with Gasteiger partial charge in [0.15, 0.2) is 23.7 Å². The fourth-order valence-corrected chi connectivity index (χ4v) is 5.14. The molecule has 0 spiro atoms. The number of hydrogen-bond donors (Lipinski definition) is 0. The summed E-state index contributed by atoms with van der Waals surface area (Å²) in [6.45, 7) is 2.81. The third kappa shape index (κ3) is 5.80. The number of rotatable bonds is 7. The van der Waals surface area contributed by atoms with E-state index in [0.29, 0.717) is 31.3 Å². The fourth-order valence-electron chi connectivity index (χ4n) is 5.14. The minimum Gasteiger partial charge on any atom is -0.429 e. The Morgan fingerprint density at radius 3 is 1.89 bits per heavy atom. The summed E-state index contributed by atoms with van der Waals surface area (Å²) < 4.78 is 114. The molecule has 2 aromatic rings. The van der Waals surface area contributed by atoms with Crippen LogP contribution in [0, 0.1) is 46.8 Å². The number of halogens is 7. The van der Waals surface area contributed by atoms with Gasteiger partial charge in [-0.05, 0) is 36.8 Å². The molecule has 0 bridgehead atoms. The van der Waals surface area contributed by atoms with Crippen LogP contribution in [-0.4, -0.2) is 13.2 Å². The summed E-state index contributed by atoms with van der Waals surface area (Å²) in [5, 5.41) is 0. The summed E-state index contributed by atoms with van der Waals surface area (Å²) in [5.74, 6) is -8.63. The Labute approximate surface area is 204 Å². The highest BCUT2D eigenvalue weighted by molar-refractivity contribution is 5.32. The normalized spacial score (nSPS) is 25.1. The van der Waals surface area contributed by atoms with Crippen LogP contribution in [0.15, 0.2) is 24.3 Å². The Hall–Kier alpha value is -2.33. The van der Waals surface area contributed by atoms with Crippen LogP contribution in [0.1, 0.15) is 62.9 Å². The summed E-state index contributed by atoms with van der Waals surface area (Å²) in [6, 6.07) is 1.57. The average molecular weight is 520 g/mol. The second-order valence-corrected chi connectivity index (χ2v) is 9.51. The van der Waals surface area contributed by atoms with Gasteiger partial charge in [-0.3, -0.25) is 0 Å². The largest absolute Gasteiger partial charge is 0.432 e. The third-order valence-electron chi connectivity index (χ3n) is 7.01. The second kappa shape index (κ2) is 11.0. The van der Waals surface area contributed by atoms with Crippen molar-refractivity contribution in [1.82, 2.24) is 0 Å². The maximum atomic E-state index is 14.6. The van der Waals surface area contributed by atoms with Crippen LogP contribution in [0.4, 0.5) is 30.7 Å². The highest BCUT2D eigenvalue weighted by Gasteiger charge is 2.42. The van der Waals surface area contributed by atoms with E-state index in [-0.39, 0.29) is 23.6 Å². The second-order valence-electron chi connectivity index (χ2n) is 9.51. The highest BCUT2D eigenvalue weighted by Crippen LogP contribution is 2.40. The molecular weight excluding hydrogens is 493 g/mol. The molecule has 0 aromatic heterocycles. The Balaban J connectivity index is 1.42. The molecule has 4 rings (SSSR count). The lowest BCUT2D eigenvalue weighted by atomic mass is 9.75. The van der Waals surface area contributed by atoms with Gasteiger partial charge >= 0.3 is 6.11 Å². The van der Waals surface area contributed by atoms with E-state index >= 15 is 0 Å². The van der Waals surface area contributed by atoms with Gasteiger partial charge in [0, 0.05) is 23.6 Å². The van der Waals surface area contributed by atoms with Gasteiger partial charge in [0.05, 0.1) is 13.2 Å².